The van der Waals surface area contributed by atoms with Crippen LogP contribution in [0.2, 0.25) is 0 Å². The molecule has 0 saturated carbocycles. The predicted molar refractivity (Wildman–Crippen MR) is 150 cm³/mol. The maximum Gasteiger partial charge on any atom is 0.416 e. The zero-order valence-corrected chi connectivity index (χ0v) is 25.3. The molecule has 2 aliphatic rings. The Hall–Kier alpha value is -2.89. The quantitative estimate of drug-likeness (QED) is 0.318. The van der Waals surface area contributed by atoms with Crippen molar-refractivity contribution >= 4 is 17.7 Å². The number of hydrogen-bond acceptors (Lipinski definition) is 3. The van der Waals surface area contributed by atoms with E-state index in [0.29, 0.717) is 41.5 Å². The SMILES string of the molecule is C[N+](C)(Cc1ccc(NC(=O)C2=Cc3cc(-c4ccc(C(F)(F)F)cc4)ccc3OCC2)cc1)C1CCOCC1.[I-]. The van der Waals surface area contributed by atoms with Gasteiger partial charge in [-0.1, -0.05) is 30.3 Å². The van der Waals surface area contributed by atoms with E-state index in [0.717, 1.165) is 60.5 Å². The van der Waals surface area contributed by atoms with Crippen molar-refractivity contribution in [2.45, 2.75) is 38.0 Å². The molecule has 1 amide bonds. The van der Waals surface area contributed by atoms with Gasteiger partial charge in [0.25, 0.3) is 5.91 Å². The van der Waals surface area contributed by atoms with Crippen molar-refractivity contribution in [3.8, 4) is 16.9 Å². The number of ether oxygens (including phenoxy) is 2. The lowest BCUT2D eigenvalue weighted by atomic mass is 9.99. The van der Waals surface area contributed by atoms with Gasteiger partial charge in [-0.25, -0.2) is 0 Å². The summed E-state index contributed by atoms with van der Waals surface area (Å²) >= 11 is 0. The Morgan fingerprint density at radius 2 is 1.59 bits per heavy atom. The number of anilines is 1. The highest BCUT2D eigenvalue weighted by Gasteiger charge is 2.31. The molecule has 3 aromatic rings. The van der Waals surface area contributed by atoms with Gasteiger partial charge < -0.3 is 43.3 Å². The van der Waals surface area contributed by atoms with Gasteiger partial charge in [0.05, 0.1) is 45.5 Å². The normalized spacial score (nSPS) is 16.0. The highest BCUT2D eigenvalue weighted by molar-refractivity contribution is 6.07. The van der Waals surface area contributed by atoms with Crippen LogP contribution in [-0.4, -0.2) is 50.3 Å². The second-order valence-corrected chi connectivity index (χ2v) is 11.0. The van der Waals surface area contributed by atoms with E-state index in [4.69, 9.17) is 9.47 Å². The number of rotatable bonds is 6. The van der Waals surface area contributed by atoms with E-state index in [1.807, 2.05) is 24.3 Å². The first-order chi connectivity index (χ1) is 19.1. The van der Waals surface area contributed by atoms with Crippen LogP contribution < -0.4 is 34.0 Å². The zero-order chi connectivity index (χ0) is 28.3. The fourth-order valence-electron chi connectivity index (χ4n) is 5.42. The van der Waals surface area contributed by atoms with Gasteiger partial charge >= 0.3 is 6.18 Å². The van der Waals surface area contributed by atoms with Crippen molar-refractivity contribution in [1.82, 2.24) is 0 Å². The lowest BCUT2D eigenvalue weighted by molar-refractivity contribution is -0.929. The number of quaternary nitrogens is 1. The molecule has 9 heteroatoms. The van der Waals surface area contributed by atoms with Crippen molar-refractivity contribution in [2.75, 3.05) is 39.2 Å². The molecular weight excluding hydrogens is 644 g/mol. The summed E-state index contributed by atoms with van der Waals surface area (Å²) in [6, 6.07) is 19.0. The molecular formula is C32H34F3IN2O3. The van der Waals surface area contributed by atoms with E-state index < -0.39 is 11.7 Å². The van der Waals surface area contributed by atoms with Crippen LogP contribution in [0, 0.1) is 0 Å². The Balaban J connectivity index is 0.00000387. The van der Waals surface area contributed by atoms with Crippen molar-refractivity contribution in [3.05, 3.63) is 89.0 Å². The molecule has 2 aliphatic heterocycles. The van der Waals surface area contributed by atoms with E-state index in [-0.39, 0.29) is 29.9 Å². The highest BCUT2D eigenvalue weighted by Crippen LogP contribution is 2.34. The van der Waals surface area contributed by atoms with E-state index >= 15 is 0 Å². The first-order valence-electron chi connectivity index (χ1n) is 13.5. The number of carbonyl (C=O) groups excluding carboxylic acids is 1. The van der Waals surface area contributed by atoms with Gasteiger partial charge in [-0.15, -0.1) is 0 Å². The standard InChI is InChI=1S/C32H33F3N2O3.HI/c1-37(2,29-14-16-39-17-15-29)21-22-3-10-28(11-4-22)36-31(38)25-13-18-40-30-12-7-24(19-26(30)20-25)23-5-8-27(9-6-23)32(33,34)35;/h3-12,19-20,29H,13-18,21H2,1-2H3;1H. The molecule has 0 radical (unpaired) electrons. The number of fused-ring (bicyclic) bond motifs is 1. The van der Waals surface area contributed by atoms with Crippen LogP contribution >= 0.6 is 0 Å². The second-order valence-electron chi connectivity index (χ2n) is 11.0. The zero-order valence-electron chi connectivity index (χ0n) is 23.1. The Labute approximate surface area is 256 Å². The molecule has 1 fully saturated rings. The van der Waals surface area contributed by atoms with Gasteiger partial charge in [0.2, 0.25) is 0 Å². The van der Waals surface area contributed by atoms with Crippen LogP contribution in [-0.2, 0) is 22.3 Å². The van der Waals surface area contributed by atoms with Gasteiger partial charge in [-0.3, -0.25) is 4.79 Å². The van der Waals surface area contributed by atoms with Crippen LogP contribution in [0.25, 0.3) is 17.2 Å². The topological polar surface area (TPSA) is 47.6 Å². The molecule has 0 unspecified atom stereocenters. The van der Waals surface area contributed by atoms with Crippen LogP contribution in [0.5, 0.6) is 5.75 Å². The van der Waals surface area contributed by atoms with Gasteiger partial charge in [-0.05, 0) is 53.6 Å². The van der Waals surface area contributed by atoms with Gasteiger partial charge in [-0.2, -0.15) is 13.2 Å². The minimum atomic E-state index is -4.38. The summed E-state index contributed by atoms with van der Waals surface area (Å²) in [6.45, 7) is 2.89. The van der Waals surface area contributed by atoms with Crippen molar-refractivity contribution < 1.29 is 55.9 Å². The summed E-state index contributed by atoms with van der Waals surface area (Å²) in [4.78, 5) is 13.2. The molecule has 1 saturated heterocycles. The Bertz CT molecular complexity index is 1380. The maximum atomic E-state index is 13.2. The first kappa shape index (κ1) is 31.1. The monoisotopic (exact) mass is 678 g/mol. The third-order valence-corrected chi connectivity index (χ3v) is 7.79. The van der Waals surface area contributed by atoms with Crippen LogP contribution in [0.4, 0.5) is 18.9 Å². The molecule has 3 aromatic carbocycles. The van der Waals surface area contributed by atoms with E-state index in [2.05, 4.69) is 31.5 Å². The average Bonchev–Trinajstić information content (AvgIpc) is 3.16. The predicted octanol–water partition coefficient (Wildman–Crippen LogP) is 3.94. The minimum Gasteiger partial charge on any atom is -1.00 e. The van der Waals surface area contributed by atoms with Gasteiger partial charge in [0.1, 0.15) is 12.3 Å². The molecule has 5 nitrogen and oxygen atoms in total. The molecule has 2 heterocycles. The van der Waals surface area contributed by atoms with Gasteiger partial charge in [0, 0.05) is 41.6 Å². The number of hydrogen-bond donors (Lipinski definition) is 1. The fourth-order valence-corrected chi connectivity index (χ4v) is 5.42. The van der Waals surface area contributed by atoms with Crippen LogP contribution in [0.3, 0.4) is 0 Å². The Morgan fingerprint density at radius 3 is 2.24 bits per heavy atom. The number of carbonyl (C=O) groups is 1. The Morgan fingerprint density at radius 1 is 0.927 bits per heavy atom. The van der Waals surface area contributed by atoms with Crippen LogP contribution in [0.1, 0.15) is 36.0 Å². The summed E-state index contributed by atoms with van der Waals surface area (Å²) in [5.41, 5.74) is 3.91. The summed E-state index contributed by atoms with van der Waals surface area (Å²) < 4.78 is 51.1. The summed E-state index contributed by atoms with van der Waals surface area (Å²) in [5, 5.41) is 3.00. The molecule has 0 aliphatic carbocycles. The van der Waals surface area contributed by atoms with E-state index in [1.165, 1.54) is 17.7 Å². The molecule has 1 N–H and O–H groups in total. The second kappa shape index (κ2) is 13.0. The van der Waals surface area contributed by atoms with Gasteiger partial charge in [0.15, 0.2) is 0 Å². The lowest BCUT2D eigenvalue weighted by Gasteiger charge is -2.40. The number of benzene rings is 3. The maximum absolute atomic E-state index is 13.2. The number of nitrogens with zero attached hydrogens (tertiary/aromatic N) is 1. The molecule has 0 atom stereocenters. The average molecular weight is 679 g/mol. The molecule has 0 spiro atoms. The van der Waals surface area contributed by atoms with Crippen molar-refractivity contribution in [2.24, 2.45) is 0 Å². The summed E-state index contributed by atoms with van der Waals surface area (Å²) in [6.07, 6.45) is -0.0195. The number of nitrogens with one attached hydrogen (secondary N) is 1. The van der Waals surface area contributed by atoms with E-state index in [1.54, 1.807) is 12.1 Å². The number of amides is 1. The fraction of sp³-hybridized carbons (Fsp3) is 0.344. The van der Waals surface area contributed by atoms with Crippen LogP contribution in [0.15, 0.2) is 72.3 Å². The molecule has 0 aromatic heterocycles. The van der Waals surface area contributed by atoms with Crippen molar-refractivity contribution in [3.63, 3.8) is 0 Å². The van der Waals surface area contributed by atoms with E-state index in [9.17, 15) is 18.0 Å². The summed E-state index contributed by atoms with van der Waals surface area (Å²) in [7, 11) is 4.51. The van der Waals surface area contributed by atoms with Crippen molar-refractivity contribution in [1.29, 1.82) is 0 Å². The first-order valence-corrected chi connectivity index (χ1v) is 13.5. The summed E-state index contributed by atoms with van der Waals surface area (Å²) in [5.74, 6) is 0.426. The number of halogens is 4. The molecule has 218 valence electrons. The molecule has 41 heavy (non-hydrogen) atoms. The Kier molecular flexibility index (Phi) is 9.81. The molecule has 5 rings (SSSR count). The minimum absolute atomic E-state index is 0. The third kappa shape index (κ3) is 7.69. The highest BCUT2D eigenvalue weighted by atomic mass is 127. The largest absolute Gasteiger partial charge is 1.00 e. The number of alkyl halides is 3. The third-order valence-electron chi connectivity index (χ3n) is 7.79. The lowest BCUT2D eigenvalue weighted by Crippen LogP contribution is -3.00. The smallest absolute Gasteiger partial charge is 0.416 e. The molecule has 0 bridgehead atoms.